The number of nitrogens with zero attached hydrogens (tertiary/aromatic N) is 1. The second-order valence-electron chi connectivity index (χ2n) is 8.85. The van der Waals surface area contributed by atoms with E-state index in [-0.39, 0.29) is 46.2 Å². The molecule has 2 aromatic rings. The number of hydrogen-bond donors (Lipinski definition) is 5. The van der Waals surface area contributed by atoms with E-state index in [4.69, 9.17) is 14.6 Å². The van der Waals surface area contributed by atoms with Gasteiger partial charge in [-0.05, 0) is 25.1 Å². The van der Waals surface area contributed by atoms with E-state index in [0.717, 1.165) is 18.2 Å². The molecule has 0 aliphatic carbocycles. The zero-order valence-electron chi connectivity index (χ0n) is 20.8. The molecule has 0 spiro atoms. The van der Waals surface area contributed by atoms with Crippen LogP contribution in [0, 0.1) is 12.7 Å². The Balaban J connectivity index is 1.59. The molecule has 1 aromatic carbocycles. The van der Waals surface area contributed by atoms with Crippen LogP contribution in [0.3, 0.4) is 0 Å². The Kier molecular flexibility index (Phi) is 8.60. The third-order valence-corrected chi connectivity index (χ3v) is 6.41. The number of aliphatic hydroxyl groups excluding tert-OH is 1. The Hall–Kier alpha value is -3.45. The van der Waals surface area contributed by atoms with Gasteiger partial charge in [0.2, 0.25) is 5.91 Å². The Morgan fingerprint density at radius 3 is 2.67 bits per heavy atom. The molecule has 4 rings (SSSR count). The molecule has 0 saturated carbocycles. The summed E-state index contributed by atoms with van der Waals surface area (Å²) < 4.78 is 54.6. The number of alkyl halides is 2. The zero-order valence-corrected chi connectivity index (χ0v) is 22.0. The molecule has 1 atom stereocenters. The highest BCUT2D eigenvalue weighted by Gasteiger charge is 2.36. The van der Waals surface area contributed by atoms with Crippen molar-refractivity contribution in [2.45, 2.75) is 12.6 Å². The molecule has 1 saturated heterocycles. The number of aryl methyl sites for hydroxylation is 1. The number of halogens is 3. The number of aromatic nitrogens is 1. The fraction of sp³-hybridized carbons (Fsp3) is 0.375. The minimum absolute atomic E-state index is 0.0437. The molecule has 2 aliphatic heterocycles. The molecule has 39 heavy (non-hydrogen) atoms. The van der Waals surface area contributed by atoms with Crippen LogP contribution >= 0.6 is 9.24 Å². The maximum atomic E-state index is 14.8. The normalized spacial score (nSPS) is 16.7. The molecule has 210 valence electrons. The molecule has 2 aliphatic rings. The summed E-state index contributed by atoms with van der Waals surface area (Å²) >= 11 is 0. The van der Waals surface area contributed by atoms with Crippen LogP contribution in [0.4, 0.5) is 35.0 Å². The van der Waals surface area contributed by atoms with E-state index < -0.39 is 41.6 Å². The highest BCUT2D eigenvalue weighted by molar-refractivity contribution is 7.17. The zero-order chi connectivity index (χ0) is 28.3. The highest BCUT2D eigenvalue weighted by Crippen LogP contribution is 2.45. The fourth-order valence-corrected chi connectivity index (χ4v) is 4.57. The van der Waals surface area contributed by atoms with Crippen LogP contribution in [-0.2, 0) is 24.7 Å². The lowest BCUT2D eigenvalue weighted by atomic mass is 10.0. The minimum Gasteiger partial charge on any atom is -0.448 e. The van der Waals surface area contributed by atoms with E-state index >= 15 is 0 Å². The van der Waals surface area contributed by atoms with Gasteiger partial charge in [-0.3, -0.25) is 19.8 Å². The van der Waals surface area contributed by atoms with Crippen molar-refractivity contribution in [2.75, 3.05) is 62.0 Å². The lowest BCUT2D eigenvalue weighted by Crippen LogP contribution is -2.38. The van der Waals surface area contributed by atoms with E-state index in [0.29, 0.717) is 32.8 Å². The standard InChI is InChI=1S/C24H27F3N5O6P/c1-12-21(31-23(36)38-7-4-32-2-5-37-6-3-32)20(24(26,27)39)18(28-12)9-14-13-8-15(25)17(29-19(34)11-33)10-16(13)30-22(14)35/h8-10,28,33H,2-7,11,39H2,1H3,(H,29,34)(H,30,35)(H,31,36)/b14-9-. The van der Waals surface area contributed by atoms with Gasteiger partial charge in [-0.25, -0.2) is 9.18 Å². The van der Waals surface area contributed by atoms with Crippen molar-refractivity contribution in [1.29, 1.82) is 0 Å². The molecule has 3 heterocycles. The number of ether oxygens (including phenoxy) is 2. The number of aromatic amines is 1. The average Bonchev–Trinajstić information content (AvgIpc) is 3.35. The number of rotatable bonds is 8. The molecular weight excluding hydrogens is 542 g/mol. The maximum Gasteiger partial charge on any atom is 0.411 e. The van der Waals surface area contributed by atoms with Gasteiger partial charge < -0.3 is 30.2 Å². The highest BCUT2D eigenvalue weighted by atomic mass is 31.0. The van der Waals surface area contributed by atoms with E-state index in [2.05, 4.69) is 20.9 Å². The van der Waals surface area contributed by atoms with Crippen molar-refractivity contribution in [2.24, 2.45) is 0 Å². The maximum absolute atomic E-state index is 14.8. The van der Waals surface area contributed by atoms with E-state index in [1.807, 2.05) is 4.90 Å². The number of benzene rings is 1. The van der Waals surface area contributed by atoms with Gasteiger partial charge >= 0.3 is 6.09 Å². The number of H-pyrrole nitrogens is 1. The van der Waals surface area contributed by atoms with Crippen LogP contribution in [-0.4, -0.2) is 79.0 Å². The number of carbonyl (C=O) groups excluding carboxylic acids is 3. The molecule has 15 heteroatoms. The van der Waals surface area contributed by atoms with E-state index in [1.54, 1.807) is 0 Å². The summed E-state index contributed by atoms with van der Waals surface area (Å²) in [5.41, 5.74) is -4.58. The van der Waals surface area contributed by atoms with Crippen LogP contribution in [0.25, 0.3) is 11.6 Å². The number of nitrogens with one attached hydrogen (secondary N) is 4. The van der Waals surface area contributed by atoms with Gasteiger partial charge in [-0.15, -0.1) is 0 Å². The Bertz CT molecular complexity index is 1320. The van der Waals surface area contributed by atoms with Crippen LogP contribution < -0.4 is 16.0 Å². The smallest absolute Gasteiger partial charge is 0.411 e. The summed E-state index contributed by atoms with van der Waals surface area (Å²) in [5.74, 6) is -2.46. The Morgan fingerprint density at radius 1 is 1.28 bits per heavy atom. The van der Waals surface area contributed by atoms with Gasteiger partial charge in [-0.1, -0.05) is 9.24 Å². The first-order valence-corrected chi connectivity index (χ1v) is 12.5. The Morgan fingerprint density at radius 2 is 2.00 bits per heavy atom. The number of carbonyl (C=O) groups is 3. The summed E-state index contributed by atoms with van der Waals surface area (Å²) in [6, 6.07) is 2.12. The lowest BCUT2D eigenvalue weighted by Gasteiger charge is -2.26. The summed E-state index contributed by atoms with van der Waals surface area (Å²) in [6.45, 7) is 3.65. The number of amides is 3. The van der Waals surface area contributed by atoms with Gasteiger partial charge in [0.05, 0.1) is 47.1 Å². The molecule has 1 aromatic heterocycles. The topological polar surface area (TPSA) is 145 Å². The number of aliphatic hydroxyl groups is 1. The molecular formula is C24H27F3N5O6P. The molecule has 11 nitrogen and oxygen atoms in total. The quantitative estimate of drug-likeness (QED) is 0.243. The van der Waals surface area contributed by atoms with Crippen molar-refractivity contribution >= 4 is 55.9 Å². The fourth-order valence-electron chi connectivity index (χ4n) is 4.27. The number of anilines is 3. The van der Waals surface area contributed by atoms with Crippen molar-refractivity contribution in [1.82, 2.24) is 9.88 Å². The van der Waals surface area contributed by atoms with Crippen LogP contribution in [0.1, 0.15) is 22.5 Å². The summed E-state index contributed by atoms with van der Waals surface area (Å²) in [4.78, 5) is 41.3. The molecule has 3 amide bonds. The lowest BCUT2D eigenvalue weighted by molar-refractivity contribution is -0.118. The molecule has 5 N–H and O–H groups in total. The SMILES string of the molecule is Cc1[nH]c(/C=C2\C(=O)Nc3cc(NC(=O)CO)c(F)cc32)c(C(F)(F)P)c1NC(=O)OCCN1CCOCC1. The Labute approximate surface area is 223 Å². The largest absolute Gasteiger partial charge is 0.448 e. The van der Waals surface area contributed by atoms with Crippen molar-refractivity contribution in [3.05, 3.63) is 40.5 Å². The number of fused-ring (bicyclic) bond motifs is 1. The molecule has 0 radical (unpaired) electrons. The van der Waals surface area contributed by atoms with E-state index in [9.17, 15) is 27.6 Å². The van der Waals surface area contributed by atoms with Gasteiger partial charge in [0, 0.05) is 30.9 Å². The third kappa shape index (κ3) is 6.59. The average molecular weight is 569 g/mol. The molecule has 1 unspecified atom stereocenters. The van der Waals surface area contributed by atoms with Crippen molar-refractivity contribution in [3.63, 3.8) is 0 Å². The second kappa shape index (κ2) is 11.7. The van der Waals surface area contributed by atoms with Crippen LogP contribution in [0.2, 0.25) is 0 Å². The second-order valence-corrected chi connectivity index (χ2v) is 9.57. The predicted octanol–water partition coefficient (Wildman–Crippen LogP) is 2.69. The summed E-state index contributed by atoms with van der Waals surface area (Å²) in [5, 5.41) is 15.9. The van der Waals surface area contributed by atoms with Crippen LogP contribution in [0.5, 0.6) is 0 Å². The van der Waals surface area contributed by atoms with Crippen LogP contribution in [0.15, 0.2) is 12.1 Å². The van der Waals surface area contributed by atoms with Gasteiger partial charge in [0.15, 0.2) is 0 Å². The van der Waals surface area contributed by atoms with E-state index in [1.165, 1.54) is 16.2 Å². The first kappa shape index (κ1) is 28.6. The predicted molar refractivity (Wildman–Crippen MR) is 140 cm³/mol. The summed E-state index contributed by atoms with van der Waals surface area (Å²) in [6.07, 6.45) is 0.200. The first-order chi connectivity index (χ1) is 18.5. The van der Waals surface area contributed by atoms with Gasteiger partial charge in [-0.2, -0.15) is 8.78 Å². The molecule has 0 bridgehead atoms. The minimum atomic E-state index is -3.53. The van der Waals surface area contributed by atoms with Crippen molar-refractivity contribution < 1.29 is 42.1 Å². The third-order valence-electron chi connectivity index (χ3n) is 6.12. The first-order valence-electron chi connectivity index (χ1n) is 11.9. The number of morpholine rings is 1. The van der Waals surface area contributed by atoms with Crippen molar-refractivity contribution in [3.8, 4) is 0 Å². The number of hydrogen-bond acceptors (Lipinski definition) is 7. The molecule has 1 fully saturated rings. The summed E-state index contributed by atoms with van der Waals surface area (Å²) in [7, 11) is 1.39. The van der Waals surface area contributed by atoms with Gasteiger partial charge in [0.25, 0.3) is 11.6 Å². The monoisotopic (exact) mass is 569 g/mol. The van der Waals surface area contributed by atoms with Gasteiger partial charge in [0.1, 0.15) is 19.0 Å².